The van der Waals surface area contributed by atoms with Gasteiger partial charge < -0.3 is 5.32 Å². The maximum atomic E-state index is 3.74. The maximum absolute atomic E-state index is 3.74. The molecule has 19 heavy (non-hydrogen) atoms. The van der Waals surface area contributed by atoms with E-state index in [-0.39, 0.29) is 5.41 Å². The Labute approximate surface area is 122 Å². The maximum Gasteiger partial charge on any atom is 0.0302 e. The molecule has 0 amide bonds. The molecule has 1 atom stereocenters. The summed E-state index contributed by atoms with van der Waals surface area (Å²) in [5.74, 6) is 0.899. The van der Waals surface area contributed by atoms with Gasteiger partial charge in [0, 0.05) is 22.3 Å². The zero-order chi connectivity index (χ0) is 13.9. The molecule has 0 spiro atoms. The van der Waals surface area contributed by atoms with Gasteiger partial charge in [0.1, 0.15) is 0 Å². The smallest absolute Gasteiger partial charge is 0.0302 e. The molecule has 1 aliphatic carbocycles. The highest BCUT2D eigenvalue weighted by molar-refractivity contribution is 7.12. The second kappa shape index (κ2) is 6.41. The highest BCUT2D eigenvalue weighted by Crippen LogP contribution is 2.30. The van der Waals surface area contributed by atoms with Crippen LogP contribution in [0.1, 0.15) is 69.6 Å². The van der Waals surface area contributed by atoms with E-state index in [0.717, 1.165) is 12.5 Å². The molecule has 0 aliphatic heterocycles. The Morgan fingerprint density at radius 1 is 1.21 bits per heavy atom. The van der Waals surface area contributed by atoms with Gasteiger partial charge >= 0.3 is 0 Å². The third-order valence-corrected chi connectivity index (χ3v) is 5.87. The van der Waals surface area contributed by atoms with Crippen LogP contribution in [0.15, 0.2) is 12.1 Å². The first-order valence-electron chi connectivity index (χ1n) is 7.79. The molecule has 1 aromatic heterocycles. The van der Waals surface area contributed by atoms with Gasteiger partial charge in [0.05, 0.1) is 0 Å². The molecule has 1 aromatic rings. The second-order valence-corrected chi connectivity index (χ2v) is 8.25. The fourth-order valence-electron chi connectivity index (χ4n) is 2.94. The monoisotopic (exact) mass is 279 g/mol. The van der Waals surface area contributed by atoms with Crippen LogP contribution < -0.4 is 5.32 Å². The first-order valence-corrected chi connectivity index (χ1v) is 8.61. The minimum Gasteiger partial charge on any atom is -0.309 e. The summed E-state index contributed by atoms with van der Waals surface area (Å²) in [7, 11) is 0. The Balaban J connectivity index is 1.83. The molecule has 1 unspecified atom stereocenters. The summed E-state index contributed by atoms with van der Waals surface area (Å²) in [6, 6.07) is 5.26. The molecular formula is C17H29NS. The van der Waals surface area contributed by atoms with Crippen LogP contribution in [-0.4, -0.2) is 6.04 Å². The predicted octanol–water partition coefficient (Wildman–Crippen LogP) is 5.10. The standard InChI is InChI=1S/C17H29NS/c1-13(14-8-6-5-7-9-14)18-12-15-10-11-16(19-15)17(2,3)4/h10-11,13-14,18H,5-9,12H2,1-4H3. The molecule has 2 heteroatoms. The van der Waals surface area contributed by atoms with Gasteiger partial charge in [-0.05, 0) is 43.2 Å². The van der Waals surface area contributed by atoms with E-state index in [2.05, 4.69) is 45.1 Å². The number of thiophene rings is 1. The summed E-state index contributed by atoms with van der Waals surface area (Å²) in [6.07, 6.45) is 7.16. The molecule has 1 fully saturated rings. The van der Waals surface area contributed by atoms with E-state index in [1.165, 1.54) is 41.9 Å². The Morgan fingerprint density at radius 2 is 1.89 bits per heavy atom. The van der Waals surface area contributed by atoms with E-state index in [9.17, 15) is 0 Å². The van der Waals surface area contributed by atoms with Gasteiger partial charge in [-0.15, -0.1) is 11.3 Å². The van der Waals surface area contributed by atoms with Crippen LogP contribution in [0.5, 0.6) is 0 Å². The molecule has 108 valence electrons. The van der Waals surface area contributed by atoms with Crippen molar-refractivity contribution in [2.45, 2.75) is 77.8 Å². The third kappa shape index (κ3) is 4.32. The fourth-order valence-corrected chi connectivity index (χ4v) is 3.95. The van der Waals surface area contributed by atoms with Crippen LogP contribution in [0.2, 0.25) is 0 Å². The topological polar surface area (TPSA) is 12.0 Å². The van der Waals surface area contributed by atoms with Crippen molar-refractivity contribution in [3.63, 3.8) is 0 Å². The highest BCUT2D eigenvalue weighted by Gasteiger charge is 2.20. The van der Waals surface area contributed by atoms with Gasteiger partial charge in [-0.25, -0.2) is 0 Å². The Bertz CT molecular complexity index is 382. The van der Waals surface area contributed by atoms with Crippen LogP contribution in [0.3, 0.4) is 0 Å². The average molecular weight is 279 g/mol. The van der Waals surface area contributed by atoms with E-state index < -0.39 is 0 Å². The Hall–Kier alpha value is -0.340. The van der Waals surface area contributed by atoms with Crippen molar-refractivity contribution in [1.82, 2.24) is 5.32 Å². The van der Waals surface area contributed by atoms with Gasteiger partial charge in [-0.1, -0.05) is 40.0 Å². The van der Waals surface area contributed by atoms with Crippen molar-refractivity contribution >= 4 is 11.3 Å². The first-order chi connectivity index (χ1) is 8.97. The number of nitrogens with one attached hydrogen (secondary N) is 1. The van der Waals surface area contributed by atoms with Crippen LogP contribution in [0.4, 0.5) is 0 Å². The van der Waals surface area contributed by atoms with Crippen molar-refractivity contribution in [2.75, 3.05) is 0 Å². The van der Waals surface area contributed by atoms with Gasteiger partial charge in [0.2, 0.25) is 0 Å². The molecule has 1 aliphatic rings. The lowest BCUT2D eigenvalue weighted by Crippen LogP contribution is -2.34. The lowest BCUT2D eigenvalue weighted by atomic mass is 9.84. The van der Waals surface area contributed by atoms with E-state index in [4.69, 9.17) is 0 Å². The van der Waals surface area contributed by atoms with Gasteiger partial charge in [-0.2, -0.15) is 0 Å². The average Bonchev–Trinajstić information content (AvgIpc) is 2.86. The minimum atomic E-state index is 0.290. The zero-order valence-electron chi connectivity index (χ0n) is 13.0. The Morgan fingerprint density at radius 3 is 2.47 bits per heavy atom. The molecule has 2 rings (SSSR count). The molecule has 0 saturated heterocycles. The van der Waals surface area contributed by atoms with Gasteiger partial charge in [0.15, 0.2) is 0 Å². The quantitative estimate of drug-likeness (QED) is 0.808. The number of rotatable bonds is 4. The first kappa shape index (κ1) is 15.1. The summed E-state index contributed by atoms with van der Waals surface area (Å²) < 4.78 is 0. The molecule has 0 aromatic carbocycles. The van der Waals surface area contributed by atoms with E-state index in [1.54, 1.807) is 0 Å². The summed E-state index contributed by atoms with van der Waals surface area (Å²) in [4.78, 5) is 2.97. The lowest BCUT2D eigenvalue weighted by Gasteiger charge is -2.28. The Kier molecular flexibility index (Phi) is 5.08. The third-order valence-electron chi connectivity index (χ3n) is 4.36. The van der Waals surface area contributed by atoms with Gasteiger partial charge in [0.25, 0.3) is 0 Å². The number of hydrogen-bond acceptors (Lipinski definition) is 2. The van der Waals surface area contributed by atoms with E-state index >= 15 is 0 Å². The van der Waals surface area contributed by atoms with E-state index in [1.807, 2.05) is 11.3 Å². The van der Waals surface area contributed by atoms with Crippen LogP contribution in [0.25, 0.3) is 0 Å². The van der Waals surface area contributed by atoms with Crippen molar-refractivity contribution in [3.05, 3.63) is 21.9 Å². The van der Waals surface area contributed by atoms with Crippen molar-refractivity contribution < 1.29 is 0 Å². The molecule has 0 radical (unpaired) electrons. The molecule has 1 saturated carbocycles. The van der Waals surface area contributed by atoms with Gasteiger partial charge in [-0.3, -0.25) is 0 Å². The largest absolute Gasteiger partial charge is 0.309 e. The molecule has 0 bridgehead atoms. The molecule has 1 nitrogen and oxygen atoms in total. The van der Waals surface area contributed by atoms with Crippen LogP contribution in [-0.2, 0) is 12.0 Å². The van der Waals surface area contributed by atoms with E-state index in [0.29, 0.717) is 6.04 Å². The summed E-state index contributed by atoms with van der Waals surface area (Å²) in [5.41, 5.74) is 0.290. The van der Waals surface area contributed by atoms with Crippen molar-refractivity contribution in [1.29, 1.82) is 0 Å². The van der Waals surface area contributed by atoms with Crippen molar-refractivity contribution in [2.24, 2.45) is 5.92 Å². The van der Waals surface area contributed by atoms with Crippen LogP contribution >= 0.6 is 11.3 Å². The molecular weight excluding hydrogens is 250 g/mol. The normalized spacial score (nSPS) is 19.6. The molecule has 1 heterocycles. The minimum absolute atomic E-state index is 0.290. The van der Waals surface area contributed by atoms with Crippen LogP contribution in [0, 0.1) is 5.92 Å². The van der Waals surface area contributed by atoms with Crippen molar-refractivity contribution in [3.8, 4) is 0 Å². The SMILES string of the molecule is CC(NCc1ccc(C(C)(C)C)s1)C1CCCCC1. The number of hydrogen-bond donors (Lipinski definition) is 1. The lowest BCUT2D eigenvalue weighted by molar-refractivity contribution is 0.281. The highest BCUT2D eigenvalue weighted by atomic mass is 32.1. The second-order valence-electron chi connectivity index (χ2n) is 7.08. The molecule has 1 N–H and O–H groups in total. The predicted molar refractivity (Wildman–Crippen MR) is 85.9 cm³/mol. The summed E-state index contributed by atoms with van der Waals surface area (Å²) >= 11 is 1.97. The summed E-state index contributed by atoms with van der Waals surface area (Å²) in [5, 5.41) is 3.74. The zero-order valence-corrected chi connectivity index (χ0v) is 13.8. The fraction of sp³-hybridized carbons (Fsp3) is 0.765. The summed E-state index contributed by atoms with van der Waals surface area (Å²) in [6.45, 7) is 10.3.